The summed E-state index contributed by atoms with van der Waals surface area (Å²) in [6.45, 7) is 6.68. The summed E-state index contributed by atoms with van der Waals surface area (Å²) in [5.74, 6) is 2.02. The second kappa shape index (κ2) is 9.05. The zero-order valence-corrected chi connectivity index (χ0v) is 18.1. The van der Waals surface area contributed by atoms with Gasteiger partial charge in [-0.2, -0.15) is 0 Å². The van der Waals surface area contributed by atoms with Crippen molar-refractivity contribution < 1.29 is 14.3 Å². The van der Waals surface area contributed by atoms with Crippen LogP contribution in [0.4, 0.5) is 0 Å². The summed E-state index contributed by atoms with van der Waals surface area (Å²) >= 11 is 0. The van der Waals surface area contributed by atoms with Crippen LogP contribution in [0.3, 0.4) is 0 Å². The number of allylic oxidation sites excluding steroid dienone is 1. The first-order valence-corrected chi connectivity index (χ1v) is 10.5. The predicted molar refractivity (Wildman–Crippen MR) is 126 cm³/mol. The molecule has 0 fully saturated rings. The number of hydrogen-bond acceptors (Lipinski definition) is 3. The van der Waals surface area contributed by atoms with Crippen LogP contribution in [0.5, 0.6) is 11.5 Å². The maximum absolute atomic E-state index is 12.8. The largest absolute Gasteiger partial charge is 0.489 e. The molecule has 0 unspecified atom stereocenters. The molecular weight excluding hydrogens is 384 g/mol. The van der Waals surface area contributed by atoms with Crippen LogP contribution in [0.2, 0.25) is 0 Å². The van der Waals surface area contributed by atoms with Gasteiger partial charge in [0.1, 0.15) is 18.1 Å². The zero-order chi connectivity index (χ0) is 21.8. The fourth-order valence-electron chi connectivity index (χ4n) is 3.54. The lowest BCUT2D eigenvalue weighted by Crippen LogP contribution is -1.98. The topological polar surface area (TPSA) is 35.5 Å². The number of hydrogen-bond donors (Lipinski definition) is 0. The van der Waals surface area contributed by atoms with Crippen LogP contribution in [0, 0.1) is 6.92 Å². The summed E-state index contributed by atoms with van der Waals surface area (Å²) in [5.41, 5.74) is 4.75. The van der Waals surface area contributed by atoms with Crippen LogP contribution >= 0.6 is 0 Å². The number of carbonyl (C=O) groups is 1. The van der Waals surface area contributed by atoms with Gasteiger partial charge in [-0.3, -0.25) is 4.79 Å². The molecule has 3 aromatic rings. The fraction of sp³-hybridized carbons (Fsp3) is 0.179. The molecule has 1 heterocycles. The van der Waals surface area contributed by atoms with Crippen molar-refractivity contribution in [2.75, 3.05) is 6.61 Å². The van der Waals surface area contributed by atoms with Gasteiger partial charge >= 0.3 is 0 Å². The standard InChI is InChI=1S/C28H26O3/c1-19(2)23-13-11-22(12-14-23)18-26-27(29)24-15-16-25(20(3)28(24)31-26)30-17-7-10-21-8-5-4-6-9-21/h4-16,18-19H,17H2,1-3H3/b10-7+,26-18-. The quantitative estimate of drug-likeness (QED) is 0.418. The molecule has 0 atom stereocenters. The summed E-state index contributed by atoms with van der Waals surface area (Å²) in [7, 11) is 0. The Hall–Kier alpha value is -3.59. The minimum atomic E-state index is -0.0958. The molecule has 156 valence electrons. The van der Waals surface area contributed by atoms with Gasteiger partial charge in [-0.1, -0.05) is 74.5 Å². The summed E-state index contributed by atoms with van der Waals surface area (Å²) in [5, 5.41) is 0. The Morgan fingerprint density at radius 2 is 1.68 bits per heavy atom. The highest BCUT2D eigenvalue weighted by Crippen LogP contribution is 2.39. The number of fused-ring (bicyclic) bond motifs is 1. The van der Waals surface area contributed by atoms with Crippen LogP contribution in [0.25, 0.3) is 12.2 Å². The van der Waals surface area contributed by atoms with Crippen molar-refractivity contribution in [1.29, 1.82) is 0 Å². The molecule has 1 aliphatic rings. The van der Waals surface area contributed by atoms with E-state index in [0.717, 1.165) is 16.7 Å². The predicted octanol–water partition coefficient (Wildman–Crippen LogP) is 6.83. The van der Waals surface area contributed by atoms with Crippen molar-refractivity contribution in [2.24, 2.45) is 0 Å². The number of Topliss-reactive ketones (excluding diaryl/α,β-unsaturated/α-hetero) is 1. The molecule has 0 N–H and O–H groups in total. The van der Waals surface area contributed by atoms with Crippen molar-refractivity contribution in [3.8, 4) is 11.5 Å². The highest BCUT2D eigenvalue weighted by Gasteiger charge is 2.30. The summed E-state index contributed by atoms with van der Waals surface area (Å²) < 4.78 is 11.9. The fourth-order valence-corrected chi connectivity index (χ4v) is 3.54. The van der Waals surface area contributed by atoms with Crippen molar-refractivity contribution in [3.63, 3.8) is 0 Å². The average molecular weight is 411 g/mol. The molecule has 0 saturated heterocycles. The minimum absolute atomic E-state index is 0.0958. The summed E-state index contributed by atoms with van der Waals surface area (Å²) in [4.78, 5) is 12.8. The van der Waals surface area contributed by atoms with Gasteiger partial charge in [-0.05, 0) is 53.8 Å². The molecule has 0 bridgehead atoms. The highest BCUT2D eigenvalue weighted by molar-refractivity contribution is 6.14. The Bertz CT molecular complexity index is 1140. The first-order valence-electron chi connectivity index (χ1n) is 10.5. The molecule has 1 aliphatic heterocycles. The number of rotatable bonds is 6. The summed E-state index contributed by atoms with van der Waals surface area (Å²) in [6.07, 6.45) is 5.79. The molecule has 0 aromatic heterocycles. The van der Waals surface area contributed by atoms with Gasteiger partial charge in [0.05, 0.1) is 5.56 Å². The van der Waals surface area contributed by atoms with E-state index >= 15 is 0 Å². The van der Waals surface area contributed by atoms with E-state index in [1.54, 1.807) is 12.1 Å². The second-order valence-electron chi connectivity index (χ2n) is 7.95. The number of ketones is 1. The lowest BCUT2D eigenvalue weighted by atomic mass is 10.0. The van der Waals surface area contributed by atoms with Gasteiger partial charge < -0.3 is 9.47 Å². The SMILES string of the molecule is Cc1c(OC/C=C/c2ccccc2)ccc2c1O/C(=C\c1ccc(C(C)C)cc1)C2=O. The van der Waals surface area contributed by atoms with Gasteiger partial charge in [0, 0.05) is 5.56 Å². The van der Waals surface area contributed by atoms with E-state index in [1.807, 2.05) is 67.6 Å². The molecule has 0 amide bonds. The van der Waals surface area contributed by atoms with Crippen LogP contribution in [0.15, 0.2) is 78.6 Å². The van der Waals surface area contributed by atoms with Gasteiger partial charge in [0.25, 0.3) is 0 Å². The van der Waals surface area contributed by atoms with Crippen LogP contribution in [-0.2, 0) is 0 Å². The minimum Gasteiger partial charge on any atom is -0.489 e. The van der Waals surface area contributed by atoms with E-state index in [9.17, 15) is 4.79 Å². The molecule has 4 rings (SSSR count). The number of carbonyl (C=O) groups excluding carboxylic acids is 1. The van der Waals surface area contributed by atoms with E-state index in [-0.39, 0.29) is 5.78 Å². The Morgan fingerprint density at radius 3 is 2.39 bits per heavy atom. The van der Waals surface area contributed by atoms with Crippen LogP contribution in [-0.4, -0.2) is 12.4 Å². The molecule has 31 heavy (non-hydrogen) atoms. The second-order valence-corrected chi connectivity index (χ2v) is 7.95. The van der Waals surface area contributed by atoms with E-state index in [1.165, 1.54) is 5.56 Å². The molecule has 0 spiro atoms. The van der Waals surface area contributed by atoms with E-state index in [4.69, 9.17) is 9.47 Å². The number of ether oxygens (including phenoxy) is 2. The Balaban J connectivity index is 1.48. The Morgan fingerprint density at radius 1 is 0.935 bits per heavy atom. The summed E-state index contributed by atoms with van der Waals surface area (Å²) in [6, 6.07) is 21.9. The van der Waals surface area contributed by atoms with Crippen LogP contribution in [0.1, 0.15) is 52.4 Å². The molecular formula is C28H26O3. The zero-order valence-electron chi connectivity index (χ0n) is 18.1. The number of benzene rings is 3. The molecule has 3 aromatic carbocycles. The lowest BCUT2D eigenvalue weighted by Gasteiger charge is -2.10. The monoisotopic (exact) mass is 410 g/mol. The van der Waals surface area contributed by atoms with Crippen molar-refractivity contribution in [2.45, 2.75) is 26.7 Å². The Labute approximate surface area is 183 Å². The highest BCUT2D eigenvalue weighted by atomic mass is 16.5. The van der Waals surface area contributed by atoms with Crippen molar-refractivity contribution >= 4 is 17.9 Å². The smallest absolute Gasteiger partial charge is 0.231 e. The molecule has 0 aliphatic carbocycles. The maximum Gasteiger partial charge on any atom is 0.231 e. The molecule has 3 nitrogen and oxygen atoms in total. The normalized spacial score (nSPS) is 14.3. The van der Waals surface area contributed by atoms with E-state index in [2.05, 4.69) is 26.0 Å². The van der Waals surface area contributed by atoms with Crippen molar-refractivity contribution in [3.05, 3.63) is 106 Å². The third-order valence-corrected chi connectivity index (χ3v) is 5.38. The van der Waals surface area contributed by atoms with Crippen LogP contribution < -0.4 is 9.47 Å². The third-order valence-electron chi connectivity index (χ3n) is 5.38. The van der Waals surface area contributed by atoms with Crippen molar-refractivity contribution in [1.82, 2.24) is 0 Å². The third kappa shape index (κ3) is 4.61. The first kappa shape index (κ1) is 20.7. The molecule has 3 heteroatoms. The Kier molecular flexibility index (Phi) is 6.03. The maximum atomic E-state index is 12.8. The lowest BCUT2D eigenvalue weighted by molar-refractivity contribution is 0.101. The average Bonchev–Trinajstić information content (AvgIpc) is 3.10. The van der Waals surface area contributed by atoms with Gasteiger partial charge in [0.2, 0.25) is 5.78 Å². The van der Waals surface area contributed by atoms with E-state index in [0.29, 0.717) is 35.3 Å². The molecule has 0 radical (unpaired) electrons. The van der Waals surface area contributed by atoms with Gasteiger partial charge in [-0.15, -0.1) is 0 Å². The molecule has 0 saturated carbocycles. The van der Waals surface area contributed by atoms with Gasteiger partial charge in [0.15, 0.2) is 5.76 Å². The van der Waals surface area contributed by atoms with Gasteiger partial charge in [-0.25, -0.2) is 0 Å². The first-order chi connectivity index (χ1) is 15.0. The van der Waals surface area contributed by atoms with E-state index < -0.39 is 0 Å².